The Balaban J connectivity index is 2.02. The smallest absolute Gasteiger partial charge is 0.258 e. The van der Waals surface area contributed by atoms with Crippen LogP contribution in [0.3, 0.4) is 0 Å². The molecule has 0 unspecified atom stereocenters. The molecule has 2 aromatic carbocycles. The third kappa shape index (κ3) is 4.05. The number of halogens is 1. The van der Waals surface area contributed by atoms with Crippen LogP contribution in [0.2, 0.25) is 0 Å². The SMILES string of the molecule is O=[N+]([O-])c1cc(Br)ccc1SNCc1ccccc1. The van der Waals surface area contributed by atoms with Crippen molar-refractivity contribution in [3.8, 4) is 0 Å². The molecule has 0 fully saturated rings. The predicted molar refractivity (Wildman–Crippen MR) is 79.9 cm³/mol. The summed E-state index contributed by atoms with van der Waals surface area (Å²) in [4.78, 5) is 11.2. The second-order valence-electron chi connectivity index (χ2n) is 3.78. The lowest BCUT2D eigenvalue weighted by atomic mass is 10.2. The summed E-state index contributed by atoms with van der Waals surface area (Å²) in [5.74, 6) is 0. The van der Waals surface area contributed by atoms with E-state index < -0.39 is 0 Å². The first kappa shape index (κ1) is 14.0. The summed E-state index contributed by atoms with van der Waals surface area (Å²) in [6.07, 6.45) is 0. The Morgan fingerprint density at radius 1 is 1.21 bits per heavy atom. The first-order valence-corrected chi connectivity index (χ1v) is 7.15. The fraction of sp³-hybridized carbons (Fsp3) is 0.0769. The van der Waals surface area contributed by atoms with E-state index in [1.54, 1.807) is 12.1 Å². The van der Waals surface area contributed by atoms with Crippen molar-refractivity contribution >= 4 is 33.6 Å². The summed E-state index contributed by atoms with van der Waals surface area (Å²) < 4.78 is 3.83. The molecule has 2 rings (SSSR count). The molecule has 0 amide bonds. The van der Waals surface area contributed by atoms with E-state index in [2.05, 4.69) is 20.7 Å². The molecule has 0 aromatic heterocycles. The van der Waals surface area contributed by atoms with Crippen molar-refractivity contribution in [3.05, 3.63) is 68.7 Å². The Morgan fingerprint density at radius 2 is 1.95 bits per heavy atom. The molecule has 0 bridgehead atoms. The molecule has 0 atom stereocenters. The number of nitro groups is 1. The largest absolute Gasteiger partial charge is 0.285 e. The van der Waals surface area contributed by atoms with Crippen LogP contribution in [0.25, 0.3) is 0 Å². The molecule has 0 aliphatic heterocycles. The average Bonchev–Trinajstić information content (AvgIpc) is 2.41. The van der Waals surface area contributed by atoms with E-state index in [-0.39, 0.29) is 10.6 Å². The normalized spacial score (nSPS) is 10.4. The van der Waals surface area contributed by atoms with E-state index in [1.807, 2.05) is 30.3 Å². The molecule has 0 saturated heterocycles. The molecule has 2 aromatic rings. The van der Waals surface area contributed by atoms with Gasteiger partial charge in [0, 0.05) is 17.1 Å². The van der Waals surface area contributed by atoms with Gasteiger partial charge in [-0.25, -0.2) is 0 Å². The van der Waals surface area contributed by atoms with Gasteiger partial charge in [0.15, 0.2) is 0 Å². The minimum Gasteiger partial charge on any atom is -0.258 e. The minimum absolute atomic E-state index is 0.0972. The Morgan fingerprint density at radius 3 is 2.63 bits per heavy atom. The number of nitro benzene ring substituents is 1. The van der Waals surface area contributed by atoms with Crippen molar-refractivity contribution in [2.24, 2.45) is 0 Å². The van der Waals surface area contributed by atoms with Gasteiger partial charge >= 0.3 is 0 Å². The first-order chi connectivity index (χ1) is 9.16. The van der Waals surface area contributed by atoms with Crippen LogP contribution in [0, 0.1) is 10.1 Å². The van der Waals surface area contributed by atoms with Gasteiger partial charge in [-0.05, 0) is 29.6 Å². The zero-order chi connectivity index (χ0) is 13.7. The molecule has 4 nitrogen and oxygen atoms in total. The molecule has 1 N–H and O–H groups in total. The molecular formula is C13H11BrN2O2S. The molecule has 0 radical (unpaired) electrons. The van der Waals surface area contributed by atoms with Gasteiger partial charge in [-0.2, -0.15) is 0 Å². The number of nitrogens with one attached hydrogen (secondary N) is 1. The van der Waals surface area contributed by atoms with E-state index in [4.69, 9.17) is 0 Å². The summed E-state index contributed by atoms with van der Waals surface area (Å²) in [7, 11) is 0. The zero-order valence-corrected chi connectivity index (χ0v) is 12.3. The summed E-state index contributed by atoms with van der Waals surface area (Å²) in [6.45, 7) is 0.652. The molecular weight excluding hydrogens is 328 g/mol. The van der Waals surface area contributed by atoms with Crippen LogP contribution in [-0.2, 0) is 6.54 Å². The zero-order valence-electron chi connectivity index (χ0n) is 9.88. The standard InChI is InChI=1S/C13H11BrN2O2S/c14-11-6-7-13(12(8-11)16(17)18)19-15-9-10-4-2-1-3-5-10/h1-8,15H,9H2. The second-order valence-corrected chi connectivity index (χ2v) is 5.63. The number of benzene rings is 2. The lowest BCUT2D eigenvalue weighted by molar-refractivity contribution is -0.387. The Bertz CT molecular complexity index is 578. The third-order valence-electron chi connectivity index (χ3n) is 2.42. The van der Waals surface area contributed by atoms with Crippen molar-refractivity contribution in [2.45, 2.75) is 11.4 Å². The monoisotopic (exact) mass is 338 g/mol. The highest BCUT2D eigenvalue weighted by atomic mass is 79.9. The van der Waals surface area contributed by atoms with Gasteiger partial charge in [0.05, 0.1) is 4.92 Å². The Hall–Kier alpha value is -1.37. The summed E-state index contributed by atoms with van der Waals surface area (Å²) in [5.41, 5.74) is 1.23. The first-order valence-electron chi connectivity index (χ1n) is 5.54. The van der Waals surface area contributed by atoms with Gasteiger partial charge in [-0.15, -0.1) is 0 Å². The molecule has 0 heterocycles. The second kappa shape index (κ2) is 6.70. The van der Waals surface area contributed by atoms with Gasteiger partial charge < -0.3 is 0 Å². The number of nitrogens with zero attached hydrogens (tertiary/aromatic N) is 1. The van der Waals surface area contributed by atoms with E-state index in [1.165, 1.54) is 18.0 Å². The van der Waals surface area contributed by atoms with Crippen LogP contribution in [-0.4, -0.2) is 4.92 Å². The summed E-state index contributed by atoms with van der Waals surface area (Å²) in [5, 5.41) is 11.0. The van der Waals surface area contributed by atoms with Crippen molar-refractivity contribution in [3.63, 3.8) is 0 Å². The van der Waals surface area contributed by atoms with Gasteiger partial charge in [0.25, 0.3) is 5.69 Å². The number of hydrogen-bond donors (Lipinski definition) is 1. The molecule has 19 heavy (non-hydrogen) atoms. The van der Waals surface area contributed by atoms with Crippen LogP contribution < -0.4 is 4.72 Å². The van der Waals surface area contributed by atoms with Crippen LogP contribution in [0.5, 0.6) is 0 Å². The van der Waals surface area contributed by atoms with Crippen LogP contribution >= 0.6 is 27.9 Å². The fourth-order valence-corrected chi connectivity index (χ4v) is 2.63. The van der Waals surface area contributed by atoms with Crippen LogP contribution in [0.4, 0.5) is 5.69 Å². The topological polar surface area (TPSA) is 55.2 Å². The third-order valence-corrected chi connectivity index (χ3v) is 3.77. The highest BCUT2D eigenvalue weighted by molar-refractivity contribution is 9.10. The lowest BCUT2D eigenvalue weighted by Gasteiger charge is -2.05. The molecule has 0 aliphatic carbocycles. The summed E-state index contributed by atoms with van der Waals surface area (Å²) in [6, 6.07) is 14.9. The fourth-order valence-electron chi connectivity index (χ4n) is 1.51. The number of rotatable bonds is 5. The maximum atomic E-state index is 11.0. The minimum atomic E-state index is -0.378. The molecule has 6 heteroatoms. The van der Waals surface area contributed by atoms with Crippen LogP contribution in [0.15, 0.2) is 57.9 Å². The van der Waals surface area contributed by atoms with Crippen molar-refractivity contribution < 1.29 is 4.92 Å². The van der Waals surface area contributed by atoms with Gasteiger partial charge in [-0.1, -0.05) is 46.3 Å². The van der Waals surface area contributed by atoms with E-state index in [0.29, 0.717) is 15.9 Å². The lowest BCUT2D eigenvalue weighted by Crippen LogP contribution is -2.03. The highest BCUT2D eigenvalue weighted by Gasteiger charge is 2.14. The molecule has 98 valence electrons. The van der Waals surface area contributed by atoms with Gasteiger partial charge in [-0.3, -0.25) is 14.8 Å². The van der Waals surface area contributed by atoms with E-state index in [0.717, 1.165) is 5.56 Å². The van der Waals surface area contributed by atoms with Crippen LogP contribution in [0.1, 0.15) is 5.56 Å². The molecule has 0 spiro atoms. The Kier molecular flexibility index (Phi) is 4.95. The van der Waals surface area contributed by atoms with Crippen molar-refractivity contribution in [2.75, 3.05) is 0 Å². The van der Waals surface area contributed by atoms with E-state index >= 15 is 0 Å². The highest BCUT2D eigenvalue weighted by Crippen LogP contribution is 2.30. The van der Waals surface area contributed by atoms with Gasteiger partial charge in [0.2, 0.25) is 0 Å². The maximum Gasteiger partial charge on any atom is 0.285 e. The average molecular weight is 339 g/mol. The molecule has 0 aliphatic rings. The van der Waals surface area contributed by atoms with E-state index in [9.17, 15) is 10.1 Å². The maximum absolute atomic E-state index is 11.0. The summed E-state index contributed by atoms with van der Waals surface area (Å²) >= 11 is 4.50. The van der Waals surface area contributed by atoms with Crippen molar-refractivity contribution in [1.82, 2.24) is 4.72 Å². The van der Waals surface area contributed by atoms with Gasteiger partial charge in [0.1, 0.15) is 4.90 Å². The predicted octanol–water partition coefficient (Wildman–Crippen LogP) is 4.15. The number of hydrogen-bond acceptors (Lipinski definition) is 4. The quantitative estimate of drug-likeness (QED) is 0.505. The molecule has 0 saturated carbocycles. The van der Waals surface area contributed by atoms with Crippen molar-refractivity contribution in [1.29, 1.82) is 0 Å². The Labute approximate surface area is 123 Å².